The molecule has 0 aliphatic rings. The Balaban J connectivity index is 2.61. The molecule has 0 unspecified atom stereocenters. The van der Waals surface area contributed by atoms with Gasteiger partial charge in [-0.15, -0.1) is 0 Å². The van der Waals surface area contributed by atoms with Crippen molar-refractivity contribution >= 4 is 17.0 Å². The van der Waals surface area contributed by atoms with E-state index in [0.29, 0.717) is 0 Å². The number of carboxylic acid groups (broad SMARTS) is 1. The molecule has 0 saturated heterocycles. The summed E-state index contributed by atoms with van der Waals surface area (Å²) in [4.78, 5) is 15.8. The van der Waals surface area contributed by atoms with E-state index in [9.17, 15) is 4.79 Å². The smallest absolute Gasteiger partial charge is 0.307 e. The van der Waals surface area contributed by atoms with Crippen LogP contribution in [0.5, 0.6) is 0 Å². The van der Waals surface area contributed by atoms with Gasteiger partial charge in [-0.25, -0.2) is 9.67 Å². The van der Waals surface area contributed by atoms with E-state index >= 15 is 0 Å². The van der Waals surface area contributed by atoms with Crippen molar-refractivity contribution in [3.63, 3.8) is 0 Å². The normalized spacial score (nSPS) is 11.2. The lowest BCUT2D eigenvalue weighted by atomic mass is 9.97. The predicted molar refractivity (Wildman–Crippen MR) is 82.5 cm³/mol. The summed E-state index contributed by atoms with van der Waals surface area (Å²) >= 11 is 0. The fourth-order valence-corrected chi connectivity index (χ4v) is 2.77. The van der Waals surface area contributed by atoms with Crippen LogP contribution in [0.4, 0.5) is 0 Å². The number of unbranched alkanes of at least 4 members (excludes halogenated alkanes) is 1. The Hall–Kier alpha value is -1.91. The molecule has 0 atom stereocenters. The predicted octanol–water partition coefficient (Wildman–Crippen LogP) is 2.98. The molecular weight excluding hydrogens is 266 g/mol. The van der Waals surface area contributed by atoms with Crippen LogP contribution in [0.25, 0.3) is 11.0 Å². The Bertz CT molecular complexity index is 646. The van der Waals surface area contributed by atoms with Crippen LogP contribution in [0.2, 0.25) is 0 Å². The highest BCUT2D eigenvalue weighted by Gasteiger charge is 2.18. The summed E-state index contributed by atoms with van der Waals surface area (Å²) in [5.74, 6) is -0.807. The largest absolute Gasteiger partial charge is 0.481 e. The van der Waals surface area contributed by atoms with E-state index in [1.54, 1.807) is 0 Å². The molecule has 0 amide bonds. The first kappa shape index (κ1) is 15.5. The van der Waals surface area contributed by atoms with Gasteiger partial charge in [0.2, 0.25) is 0 Å². The number of aliphatic carboxylic acids is 1. The molecule has 2 heterocycles. The van der Waals surface area contributed by atoms with E-state index < -0.39 is 5.97 Å². The Morgan fingerprint density at radius 3 is 2.57 bits per heavy atom. The third-order valence-electron chi connectivity index (χ3n) is 3.83. The van der Waals surface area contributed by atoms with Gasteiger partial charge in [-0.05, 0) is 30.4 Å². The molecular formula is C16H23N3O2. The lowest BCUT2D eigenvalue weighted by Crippen LogP contribution is -2.10. The van der Waals surface area contributed by atoms with Gasteiger partial charge in [0, 0.05) is 17.6 Å². The molecule has 0 radical (unpaired) electrons. The number of hydrogen-bond acceptors (Lipinski definition) is 3. The number of aryl methyl sites for hydroxylation is 3. The molecule has 5 heteroatoms. The zero-order chi connectivity index (χ0) is 15.4. The highest BCUT2D eigenvalue weighted by molar-refractivity contribution is 5.83. The SMILES string of the molecule is CCCCn1ncc2c(CC)c(CC(=O)O)c(CC)nc21. The Morgan fingerprint density at radius 2 is 2.00 bits per heavy atom. The van der Waals surface area contributed by atoms with Crippen molar-refractivity contribution in [2.24, 2.45) is 0 Å². The minimum Gasteiger partial charge on any atom is -0.481 e. The molecule has 0 fully saturated rings. The van der Waals surface area contributed by atoms with Crippen molar-refractivity contribution in [1.29, 1.82) is 0 Å². The summed E-state index contributed by atoms with van der Waals surface area (Å²) in [7, 11) is 0. The average molecular weight is 289 g/mol. The van der Waals surface area contributed by atoms with Crippen molar-refractivity contribution in [2.75, 3.05) is 0 Å². The molecule has 1 N–H and O–H groups in total. The molecule has 2 aromatic heterocycles. The van der Waals surface area contributed by atoms with Crippen LogP contribution >= 0.6 is 0 Å². The molecule has 114 valence electrons. The van der Waals surface area contributed by atoms with Crippen LogP contribution in [-0.2, 0) is 30.6 Å². The van der Waals surface area contributed by atoms with Gasteiger partial charge in [0.1, 0.15) is 0 Å². The van der Waals surface area contributed by atoms with Crippen LogP contribution in [0.1, 0.15) is 50.4 Å². The van der Waals surface area contributed by atoms with Crippen molar-refractivity contribution in [3.8, 4) is 0 Å². The molecule has 2 aromatic rings. The number of fused-ring (bicyclic) bond motifs is 1. The number of pyridine rings is 1. The first-order valence-corrected chi connectivity index (χ1v) is 7.70. The van der Waals surface area contributed by atoms with E-state index in [1.165, 1.54) is 0 Å². The van der Waals surface area contributed by atoms with Gasteiger partial charge < -0.3 is 5.11 Å². The standard InChI is InChI=1S/C16H23N3O2/c1-4-7-8-19-16-13(10-17-19)11(5-2)12(9-15(20)21)14(6-3)18-16/h10H,4-9H2,1-3H3,(H,20,21). The van der Waals surface area contributed by atoms with E-state index in [1.807, 2.05) is 17.8 Å². The number of rotatable bonds is 7. The van der Waals surface area contributed by atoms with Gasteiger partial charge >= 0.3 is 5.97 Å². The fourth-order valence-electron chi connectivity index (χ4n) is 2.77. The van der Waals surface area contributed by atoms with Gasteiger partial charge in [0.15, 0.2) is 5.65 Å². The second-order valence-corrected chi connectivity index (χ2v) is 5.25. The van der Waals surface area contributed by atoms with Crippen LogP contribution < -0.4 is 0 Å². The highest BCUT2D eigenvalue weighted by atomic mass is 16.4. The van der Waals surface area contributed by atoms with E-state index in [2.05, 4.69) is 18.9 Å². The van der Waals surface area contributed by atoms with Crippen molar-refractivity contribution < 1.29 is 9.90 Å². The average Bonchev–Trinajstić information content (AvgIpc) is 2.86. The van der Waals surface area contributed by atoms with E-state index in [0.717, 1.165) is 60.1 Å². The third-order valence-corrected chi connectivity index (χ3v) is 3.83. The maximum absolute atomic E-state index is 11.1. The maximum atomic E-state index is 11.1. The first-order valence-electron chi connectivity index (χ1n) is 7.70. The first-order chi connectivity index (χ1) is 10.1. The van der Waals surface area contributed by atoms with Crippen LogP contribution in [0, 0.1) is 0 Å². The zero-order valence-electron chi connectivity index (χ0n) is 13.0. The van der Waals surface area contributed by atoms with Crippen molar-refractivity contribution in [1.82, 2.24) is 14.8 Å². The Morgan fingerprint density at radius 1 is 1.24 bits per heavy atom. The Labute approximate surface area is 125 Å². The summed E-state index contributed by atoms with van der Waals surface area (Å²) < 4.78 is 1.95. The van der Waals surface area contributed by atoms with Crippen LogP contribution in [-0.4, -0.2) is 25.8 Å². The number of nitrogens with zero attached hydrogens (tertiary/aromatic N) is 3. The summed E-state index contributed by atoms with van der Waals surface area (Å²) in [5.41, 5.74) is 3.74. The lowest BCUT2D eigenvalue weighted by molar-refractivity contribution is -0.136. The zero-order valence-corrected chi connectivity index (χ0v) is 13.0. The number of hydrogen-bond donors (Lipinski definition) is 1. The van der Waals surface area contributed by atoms with Gasteiger partial charge in [-0.2, -0.15) is 5.10 Å². The Kier molecular flexibility index (Phi) is 4.94. The van der Waals surface area contributed by atoms with E-state index in [4.69, 9.17) is 10.1 Å². The second kappa shape index (κ2) is 6.70. The summed E-state index contributed by atoms with van der Waals surface area (Å²) in [6.07, 6.45) is 5.59. The summed E-state index contributed by atoms with van der Waals surface area (Å²) in [6, 6.07) is 0. The van der Waals surface area contributed by atoms with Gasteiger partial charge in [-0.3, -0.25) is 4.79 Å². The quantitative estimate of drug-likeness (QED) is 0.851. The minimum absolute atomic E-state index is 0.0371. The van der Waals surface area contributed by atoms with Gasteiger partial charge in [0.25, 0.3) is 0 Å². The van der Waals surface area contributed by atoms with E-state index in [-0.39, 0.29) is 6.42 Å². The van der Waals surface area contributed by atoms with Gasteiger partial charge in [-0.1, -0.05) is 27.2 Å². The number of carboxylic acids is 1. The molecule has 0 saturated carbocycles. The van der Waals surface area contributed by atoms with Crippen molar-refractivity contribution in [3.05, 3.63) is 23.0 Å². The molecule has 0 bridgehead atoms. The highest BCUT2D eigenvalue weighted by Crippen LogP contribution is 2.25. The monoisotopic (exact) mass is 289 g/mol. The molecule has 0 aliphatic heterocycles. The molecule has 0 aromatic carbocycles. The van der Waals surface area contributed by atoms with Crippen LogP contribution in [0.3, 0.4) is 0 Å². The molecule has 2 rings (SSSR count). The van der Waals surface area contributed by atoms with Crippen molar-refractivity contribution in [2.45, 2.75) is 59.4 Å². The molecule has 5 nitrogen and oxygen atoms in total. The summed E-state index contributed by atoms with van der Waals surface area (Å²) in [5, 5.41) is 14.6. The molecule has 21 heavy (non-hydrogen) atoms. The topological polar surface area (TPSA) is 68.0 Å². The maximum Gasteiger partial charge on any atom is 0.307 e. The summed E-state index contributed by atoms with van der Waals surface area (Å²) in [6.45, 7) is 7.09. The fraction of sp³-hybridized carbons (Fsp3) is 0.562. The van der Waals surface area contributed by atoms with Gasteiger partial charge in [0.05, 0.1) is 12.6 Å². The minimum atomic E-state index is -0.807. The lowest BCUT2D eigenvalue weighted by Gasteiger charge is -2.13. The molecule has 0 aliphatic carbocycles. The third kappa shape index (κ3) is 3.06. The second-order valence-electron chi connectivity index (χ2n) is 5.25. The number of carbonyl (C=O) groups is 1. The number of aromatic nitrogens is 3. The van der Waals surface area contributed by atoms with Crippen LogP contribution in [0.15, 0.2) is 6.20 Å². The molecule has 0 spiro atoms.